The van der Waals surface area contributed by atoms with Crippen molar-refractivity contribution in [2.45, 2.75) is 25.2 Å². The number of aromatic nitrogens is 1. The summed E-state index contributed by atoms with van der Waals surface area (Å²) in [6.45, 7) is 1.22. The smallest absolute Gasteiger partial charge is 0.250 e. The van der Waals surface area contributed by atoms with E-state index in [4.69, 9.17) is 5.73 Å². The summed E-state index contributed by atoms with van der Waals surface area (Å²) in [5, 5.41) is 11.2. The molecule has 2 aromatic carbocycles. The molecule has 0 aliphatic carbocycles. The summed E-state index contributed by atoms with van der Waals surface area (Å²) >= 11 is 0. The van der Waals surface area contributed by atoms with Gasteiger partial charge in [-0.15, -0.1) is 0 Å². The van der Waals surface area contributed by atoms with Crippen molar-refractivity contribution in [1.29, 1.82) is 0 Å². The van der Waals surface area contributed by atoms with Crippen LogP contribution in [0, 0.1) is 0 Å². The van der Waals surface area contributed by atoms with Crippen molar-refractivity contribution in [3.8, 4) is 11.1 Å². The van der Waals surface area contributed by atoms with Gasteiger partial charge in [-0.25, -0.2) is 12.7 Å². The van der Waals surface area contributed by atoms with Crippen molar-refractivity contribution in [2.75, 3.05) is 32.4 Å². The predicted octanol–water partition coefficient (Wildman–Crippen LogP) is 3.15. The molecule has 0 spiro atoms. The summed E-state index contributed by atoms with van der Waals surface area (Å²) in [6.07, 6.45) is 3.72. The zero-order chi connectivity index (χ0) is 23.6. The largest absolute Gasteiger partial charge is 0.366 e. The van der Waals surface area contributed by atoms with Crippen LogP contribution in [0.4, 0.5) is 0 Å². The van der Waals surface area contributed by atoms with Crippen LogP contribution in [0.1, 0.15) is 41.1 Å². The SMILES string of the molecule is CN(O)CCCS(=O)(=O)N1CCC(c2c[nH]c3c(C(N)=O)cc(-c4ccccc4)cc23)CC1. The zero-order valence-corrected chi connectivity index (χ0v) is 19.5. The van der Waals surface area contributed by atoms with Gasteiger partial charge in [0, 0.05) is 38.3 Å². The molecule has 1 amide bonds. The standard InChI is InChI=1S/C24H30N4O4S/c1-27(30)10-5-13-33(31,32)28-11-8-18(9-12-28)22-16-26-23-20(22)14-19(15-21(23)24(25)29)17-6-3-2-4-7-17/h2-4,6-7,14-16,18,26,30H,5,8-13H2,1H3,(H2,25,29). The van der Waals surface area contributed by atoms with Gasteiger partial charge in [0.15, 0.2) is 0 Å². The number of aromatic amines is 1. The number of carbonyl (C=O) groups is 1. The summed E-state index contributed by atoms with van der Waals surface area (Å²) in [7, 11) is -1.84. The summed E-state index contributed by atoms with van der Waals surface area (Å²) in [6, 6.07) is 13.7. The molecule has 2 heterocycles. The van der Waals surface area contributed by atoms with Crippen LogP contribution < -0.4 is 5.73 Å². The second-order valence-electron chi connectivity index (χ2n) is 8.64. The Labute approximate surface area is 194 Å². The highest BCUT2D eigenvalue weighted by Crippen LogP contribution is 2.37. The fourth-order valence-electron chi connectivity index (χ4n) is 4.63. The average molecular weight is 471 g/mol. The Balaban J connectivity index is 1.57. The molecule has 1 aromatic heterocycles. The van der Waals surface area contributed by atoms with Crippen molar-refractivity contribution >= 4 is 26.8 Å². The van der Waals surface area contributed by atoms with Crippen molar-refractivity contribution < 1.29 is 18.4 Å². The maximum atomic E-state index is 12.7. The molecule has 1 fully saturated rings. The number of amides is 1. The molecular formula is C24H30N4O4S. The van der Waals surface area contributed by atoms with E-state index in [9.17, 15) is 18.4 Å². The van der Waals surface area contributed by atoms with Gasteiger partial charge in [0.05, 0.1) is 16.8 Å². The van der Waals surface area contributed by atoms with Gasteiger partial charge in [-0.05, 0) is 54.0 Å². The molecule has 0 saturated carbocycles. The third-order valence-corrected chi connectivity index (χ3v) is 8.32. The van der Waals surface area contributed by atoms with Gasteiger partial charge in [0.25, 0.3) is 5.91 Å². The number of nitrogens with two attached hydrogens (primary N) is 1. The van der Waals surface area contributed by atoms with Crippen LogP contribution in [0.2, 0.25) is 0 Å². The third-order valence-electron chi connectivity index (χ3n) is 6.37. The van der Waals surface area contributed by atoms with Crippen molar-refractivity contribution in [3.63, 3.8) is 0 Å². The van der Waals surface area contributed by atoms with Crippen molar-refractivity contribution in [2.24, 2.45) is 5.73 Å². The van der Waals surface area contributed by atoms with Crippen LogP contribution >= 0.6 is 0 Å². The van der Waals surface area contributed by atoms with E-state index in [1.165, 1.54) is 7.05 Å². The minimum Gasteiger partial charge on any atom is -0.366 e. The second kappa shape index (κ2) is 9.64. The van der Waals surface area contributed by atoms with E-state index >= 15 is 0 Å². The van der Waals surface area contributed by atoms with E-state index in [2.05, 4.69) is 11.1 Å². The van der Waals surface area contributed by atoms with Gasteiger partial charge < -0.3 is 15.9 Å². The van der Waals surface area contributed by atoms with Crippen LogP contribution in [0.5, 0.6) is 0 Å². The summed E-state index contributed by atoms with van der Waals surface area (Å²) in [4.78, 5) is 15.4. The molecule has 176 valence electrons. The minimum absolute atomic E-state index is 0.0259. The topological polar surface area (TPSA) is 120 Å². The minimum atomic E-state index is -3.35. The molecule has 3 aromatic rings. The van der Waals surface area contributed by atoms with Gasteiger partial charge >= 0.3 is 0 Å². The molecule has 1 aliphatic heterocycles. The summed E-state index contributed by atoms with van der Waals surface area (Å²) in [5.74, 6) is -0.279. The number of hydrogen-bond donors (Lipinski definition) is 3. The van der Waals surface area contributed by atoms with Gasteiger partial charge in [-0.1, -0.05) is 30.3 Å². The van der Waals surface area contributed by atoms with Gasteiger partial charge in [0.1, 0.15) is 0 Å². The number of nitrogens with zero attached hydrogens (tertiary/aromatic N) is 2. The van der Waals surface area contributed by atoms with E-state index in [0.717, 1.165) is 32.7 Å². The lowest BCUT2D eigenvalue weighted by atomic mass is 9.88. The highest BCUT2D eigenvalue weighted by atomic mass is 32.2. The van der Waals surface area contributed by atoms with E-state index in [1.54, 1.807) is 4.31 Å². The number of hydroxylamine groups is 2. The summed E-state index contributed by atoms with van der Waals surface area (Å²) in [5.41, 5.74) is 9.87. The number of fused-ring (bicyclic) bond motifs is 1. The lowest BCUT2D eigenvalue weighted by Gasteiger charge is -2.31. The highest BCUT2D eigenvalue weighted by molar-refractivity contribution is 7.89. The normalized spacial score (nSPS) is 16.0. The van der Waals surface area contributed by atoms with Crippen molar-refractivity contribution in [1.82, 2.24) is 14.4 Å². The molecule has 0 bridgehead atoms. The molecule has 8 nitrogen and oxygen atoms in total. The zero-order valence-electron chi connectivity index (χ0n) is 18.7. The molecular weight excluding hydrogens is 440 g/mol. The number of benzene rings is 2. The van der Waals surface area contributed by atoms with Crippen molar-refractivity contribution in [3.05, 3.63) is 59.8 Å². The molecule has 4 N–H and O–H groups in total. The number of hydrogen-bond acceptors (Lipinski definition) is 5. The third kappa shape index (κ3) is 5.11. The monoisotopic (exact) mass is 470 g/mol. The molecule has 0 atom stereocenters. The predicted molar refractivity (Wildman–Crippen MR) is 129 cm³/mol. The first-order valence-corrected chi connectivity index (χ1v) is 12.8. The van der Waals surface area contributed by atoms with E-state index in [-0.39, 0.29) is 11.7 Å². The van der Waals surface area contributed by atoms with Crippen LogP contribution in [-0.2, 0) is 10.0 Å². The van der Waals surface area contributed by atoms with E-state index < -0.39 is 15.9 Å². The Kier molecular flexibility index (Phi) is 6.85. The second-order valence-corrected chi connectivity index (χ2v) is 10.7. The van der Waals surface area contributed by atoms with Gasteiger partial charge in [-0.2, -0.15) is 5.06 Å². The molecule has 9 heteroatoms. The van der Waals surface area contributed by atoms with Crippen LogP contribution in [0.15, 0.2) is 48.7 Å². The number of sulfonamides is 1. The first kappa shape index (κ1) is 23.4. The fraction of sp³-hybridized carbons (Fsp3) is 0.375. The maximum Gasteiger partial charge on any atom is 0.250 e. The van der Waals surface area contributed by atoms with E-state index in [0.29, 0.717) is 44.5 Å². The quantitative estimate of drug-likeness (QED) is 0.437. The highest BCUT2D eigenvalue weighted by Gasteiger charge is 2.30. The van der Waals surface area contributed by atoms with Crippen LogP contribution in [-0.4, -0.2) is 66.3 Å². The Morgan fingerprint density at radius 2 is 1.88 bits per heavy atom. The Bertz CT molecular complexity index is 1230. The van der Waals surface area contributed by atoms with E-state index in [1.807, 2.05) is 42.6 Å². The van der Waals surface area contributed by atoms with Crippen LogP contribution in [0.3, 0.4) is 0 Å². The molecule has 1 saturated heterocycles. The number of piperidine rings is 1. The molecule has 1 aliphatic rings. The molecule has 33 heavy (non-hydrogen) atoms. The Morgan fingerprint density at radius 3 is 2.52 bits per heavy atom. The first-order chi connectivity index (χ1) is 15.8. The number of nitrogens with one attached hydrogen (secondary N) is 1. The Morgan fingerprint density at radius 1 is 1.18 bits per heavy atom. The van der Waals surface area contributed by atoms with Gasteiger partial charge in [0.2, 0.25) is 10.0 Å². The number of H-pyrrole nitrogens is 1. The maximum absolute atomic E-state index is 12.7. The Hall–Kier alpha value is -2.72. The number of carbonyl (C=O) groups excluding carboxylic acids is 1. The number of rotatable bonds is 8. The lowest BCUT2D eigenvalue weighted by molar-refractivity contribution is -0.0641. The molecule has 0 radical (unpaired) electrons. The lowest BCUT2D eigenvalue weighted by Crippen LogP contribution is -2.39. The molecule has 4 rings (SSSR count). The van der Waals surface area contributed by atoms with Crippen LogP contribution in [0.25, 0.3) is 22.0 Å². The summed E-state index contributed by atoms with van der Waals surface area (Å²) < 4.78 is 26.9. The number of primary amides is 1. The first-order valence-electron chi connectivity index (χ1n) is 11.1. The molecule has 0 unspecified atom stereocenters. The fourth-order valence-corrected chi connectivity index (χ4v) is 6.15. The average Bonchev–Trinajstić information content (AvgIpc) is 3.22. The van der Waals surface area contributed by atoms with Gasteiger partial charge in [-0.3, -0.25) is 4.79 Å².